The van der Waals surface area contributed by atoms with E-state index in [1.165, 1.54) is 5.70 Å². The lowest BCUT2D eigenvalue weighted by Crippen LogP contribution is -2.44. The van der Waals surface area contributed by atoms with Gasteiger partial charge < -0.3 is 14.1 Å². The van der Waals surface area contributed by atoms with Crippen LogP contribution in [0.2, 0.25) is 18.1 Å². The Morgan fingerprint density at radius 2 is 2.00 bits per heavy atom. The van der Waals surface area contributed by atoms with Crippen molar-refractivity contribution >= 4 is 14.3 Å². The van der Waals surface area contributed by atoms with Crippen molar-refractivity contribution in [1.29, 1.82) is 0 Å². The van der Waals surface area contributed by atoms with Gasteiger partial charge in [0.1, 0.15) is 0 Å². The summed E-state index contributed by atoms with van der Waals surface area (Å²) in [6.45, 7) is 15.7. The van der Waals surface area contributed by atoms with Crippen LogP contribution in [0.15, 0.2) is 11.3 Å². The van der Waals surface area contributed by atoms with Crippen LogP contribution in [0.3, 0.4) is 0 Å². The summed E-state index contributed by atoms with van der Waals surface area (Å²) in [6, 6.07) is 0. The van der Waals surface area contributed by atoms with Gasteiger partial charge in [-0.3, -0.25) is 0 Å². The number of esters is 1. The largest absolute Gasteiger partial charge is 0.463 e. The maximum absolute atomic E-state index is 12.3. The molecule has 0 aromatic carbocycles. The first kappa shape index (κ1) is 18.5. The van der Waals surface area contributed by atoms with Crippen molar-refractivity contribution in [2.24, 2.45) is 0 Å². The van der Waals surface area contributed by atoms with Crippen LogP contribution in [0.4, 0.5) is 0 Å². The van der Waals surface area contributed by atoms with E-state index in [1.807, 2.05) is 6.92 Å². The topological polar surface area (TPSA) is 38.8 Å². The average Bonchev–Trinajstić information content (AvgIpc) is 2.69. The lowest BCUT2D eigenvalue weighted by atomic mass is 10.1. The van der Waals surface area contributed by atoms with Crippen molar-refractivity contribution < 1.29 is 14.0 Å². The zero-order valence-electron chi connectivity index (χ0n) is 15.7. The lowest BCUT2D eigenvalue weighted by molar-refractivity contribution is -0.138. The minimum atomic E-state index is -1.78. The summed E-state index contributed by atoms with van der Waals surface area (Å²) >= 11 is 0. The molecular formula is C18H33NO3Si. The van der Waals surface area contributed by atoms with Gasteiger partial charge in [0.25, 0.3) is 0 Å². The van der Waals surface area contributed by atoms with Crippen LogP contribution in [0.5, 0.6) is 0 Å². The number of carbonyl (C=O) groups is 1. The summed E-state index contributed by atoms with van der Waals surface area (Å²) in [5, 5.41) is 0.214. The predicted octanol–water partition coefficient (Wildman–Crippen LogP) is 4.08. The van der Waals surface area contributed by atoms with Crippen molar-refractivity contribution in [3.05, 3.63) is 11.3 Å². The number of ether oxygens (including phenoxy) is 1. The molecule has 0 saturated carbocycles. The average molecular weight is 340 g/mol. The molecule has 0 amide bonds. The maximum atomic E-state index is 12.3. The molecule has 2 heterocycles. The molecule has 0 spiro atoms. The minimum absolute atomic E-state index is 0.123. The number of rotatable bonds is 4. The van der Waals surface area contributed by atoms with Gasteiger partial charge in [0.2, 0.25) is 0 Å². The highest BCUT2D eigenvalue weighted by Gasteiger charge is 2.42. The van der Waals surface area contributed by atoms with Crippen LogP contribution >= 0.6 is 0 Å². The molecule has 0 radical (unpaired) electrons. The summed E-state index contributed by atoms with van der Waals surface area (Å²) in [5.41, 5.74) is 2.08. The molecule has 132 valence electrons. The van der Waals surface area contributed by atoms with Gasteiger partial charge in [-0.15, -0.1) is 0 Å². The molecule has 5 heteroatoms. The number of nitrogens with zero attached hydrogens (tertiary/aromatic N) is 1. The van der Waals surface area contributed by atoms with Gasteiger partial charge in [-0.1, -0.05) is 20.8 Å². The first-order valence-electron chi connectivity index (χ1n) is 8.97. The van der Waals surface area contributed by atoms with Crippen LogP contribution in [0, 0.1) is 0 Å². The van der Waals surface area contributed by atoms with Crippen LogP contribution < -0.4 is 0 Å². The molecule has 0 aromatic heterocycles. The molecule has 0 unspecified atom stereocenters. The highest BCUT2D eigenvalue weighted by molar-refractivity contribution is 6.74. The van der Waals surface area contributed by atoms with E-state index < -0.39 is 8.32 Å². The lowest BCUT2D eigenvalue weighted by Gasteiger charge is -2.38. The molecule has 0 aromatic rings. The second-order valence-electron chi connectivity index (χ2n) is 8.25. The smallest absolute Gasteiger partial charge is 0.335 e. The molecule has 1 atom stereocenters. The Balaban J connectivity index is 2.17. The highest BCUT2D eigenvalue weighted by Crippen LogP contribution is 2.40. The molecule has 4 nitrogen and oxygen atoms in total. The van der Waals surface area contributed by atoms with Gasteiger partial charge >= 0.3 is 5.97 Å². The molecule has 2 aliphatic heterocycles. The maximum Gasteiger partial charge on any atom is 0.335 e. The number of fused-ring (bicyclic) bond motifs is 1. The quantitative estimate of drug-likeness (QED) is 0.571. The Bertz CT molecular complexity index is 479. The molecule has 0 bridgehead atoms. The molecule has 0 N–H and O–H groups in total. The summed E-state index contributed by atoms with van der Waals surface area (Å²) < 4.78 is 11.9. The fraction of sp³-hybridized carbons (Fsp3) is 0.833. The molecule has 2 aliphatic rings. The zero-order valence-corrected chi connectivity index (χ0v) is 16.7. The fourth-order valence-corrected chi connectivity index (χ4v) is 4.51. The molecular weight excluding hydrogens is 306 g/mol. The SMILES string of the molecule is CCOC(=O)C1=C2C[C@H](O[Si](C)(C)C(C)(C)C)CN2CCCC1. The van der Waals surface area contributed by atoms with Crippen LogP contribution in [0.25, 0.3) is 0 Å². The van der Waals surface area contributed by atoms with Crippen LogP contribution in [0.1, 0.15) is 53.4 Å². The Labute approximate surface area is 142 Å². The highest BCUT2D eigenvalue weighted by atomic mass is 28.4. The van der Waals surface area contributed by atoms with E-state index in [2.05, 4.69) is 38.8 Å². The van der Waals surface area contributed by atoms with Gasteiger partial charge in [0.15, 0.2) is 8.32 Å². The monoisotopic (exact) mass is 339 g/mol. The third-order valence-corrected chi connectivity index (χ3v) is 10.0. The third kappa shape index (κ3) is 4.18. The Morgan fingerprint density at radius 1 is 1.30 bits per heavy atom. The standard InChI is InChI=1S/C18H33NO3Si/c1-7-21-17(20)15-10-8-9-11-19-13-14(12-16(15)19)22-23(5,6)18(2,3)4/h14H,7-13H2,1-6H3/t14-/m0/s1. The van der Waals surface area contributed by atoms with Crippen LogP contribution in [-0.4, -0.2) is 45.0 Å². The second kappa shape index (κ2) is 6.97. The molecule has 2 rings (SSSR count). The summed E-state index contributed by atoms with van der Waals surface area (Å²) in [7, 11) is -1.78. The first-order chi connectivity index (χ1) is 10.7. The van der Waals surface area contributed by atoms with E-state index in [4.69, 9.17) is 9.16 Å². The molecule has 23 heavy (non-hydrogen) atoms. The van der Waals surface area contributed by atoms with E-state index in [0.29, 0.717) is 6.61 Å². The fourth-order valence-electron chi connectivity index (χ4n) is 3.16. The van der Waals surface area contributed by atoms with Crippen molar-refractivity contribution in [2.75, 3.05) is 19.7 Å². The van der Waals surface area contributed by atoms with Crippen LogP contribution in [-0.2, 0) is 14.0 Å². The van der Waals surface area contributed by atoms with Gasteiger partial charge in [0.05, 0.1) is 18.3 Å². The van der Waals surface area contributed by atoms with E-state index in [9.17, 15) is 4.79 Å². The van der Waals surface area contributed by atoms with E-state index in [-0.39, 0.29) is 17.1 Å². The Morgan fingerprint density at radius 3 is 2.61 bits per heavy atom. The number of hydrogen-bond acceptors (Lipinski definition) is 4. The van der Waals surface area contributed by atoms with E-state index in [0.717, 1.165) is 44.3 Å². The summed E-state index contributed by atoms with van der Waals surface area (Å²) in [6.07, 6.45) is 4.13. The van der Waals surface area contributed by atoms with Crippen molar-refractivity contribution in [3.8, 4) is 0 Å². The van der Waals surface area contributed by atoms with Crippen molar-refractivity contribution in [1.82, 2.24) is 4.90 Å². The summed E-state index contributed by atoms with van der Waals surface area (Å²) in [4.78, 5) is 14.7. The molecule has 1 saturated heterocycles. The third-order valence-electron chi connectivity index (χ3n) is 5.47. The van der Waals surface area contributed by atoms with Crippen molar-refractivity contribution in [2.45, 2.75) is 77.6 Å². The van der Waals surface area contributed by atoms with Gasteiger partial charge in [-0.25, -0.2) is 4.79 Å². The zero-order chi connectivity index (χ0) is 17.3. The summed E-state index contributed by atoms with van der Waals surface area (Å²) in [5.74, 6) is -0.123. The Kier molecular flexibility index (Phi) is 5.62. The van der Waals surface area contributed by atoms with Gasteiger partial charge in [-0.2, -0.15) is 0 Å². The normalized spacial score (nSPS) is 22.9. The minimum Gasteiger partial charge on any atom is -0.463 e. The number of hydrogen-bond donors (Lipinski definition) is 0. The van der Waals surface area contributed by atoms with Gasteiger partial charge in [0, 0.05) is 25.2 Å². The second-order valence-corrected chi connectivity index (χ2v) is 13.0. The van der Waals surface area contributed by atoms with Crippen molar-refractivity contribution in [3.63, 3.8) is 0 Å². The first-order valence-corrected chi connectivity index (χ1v) is 11.9. The van der Waals surface area contributed by atoms with E-state index in [1.54, 1.807) is 0 Å². The molecule has 1 fully saturated rings. The Hall–Kier alpha value is -0.813. The van der Waals surface area contributed by atoms with E-state index >= 15 is 0 Å². The number of carbonyl (C=O) groups excluding carboxylic acids is 1. The predicted molar refractivity (Wildman–Crippen MR) is 95.8 cm³/mol. The molecule has 0 aliphatic carbocycles. The van der Waals surface area contributed by atoms with Gasteiger partial charge in [-0.05, 0) is 44.3 Å².